The zero-order valence-electron chi connectivity index (χ0n) is 23.7. The molecular formula is C31H37N3O7S. The lowest BCUT2D eigenvalue weighted by atomic mass is 10.0. The molecule has 4 rings (SSSR count). The molecule has 3 aromatic carbocycles. The molecule has 11 heteroatoms. The van der Waals surface area contributed by atoms with E-state index in [9.17, 15) is 18.0 Å². The molecule has 1 N–H and O–H groups in total. The molecule has 0 bridgehead atoms. The standard InChI is InChI=1S/C31H37N3O7S/c1-39-19-16-32-31(36)29(22-25-8-4-2-5-9-25)34(23-26-10-6-3-7-11-26)30(35)24-41-27-12-14-28(15-13-27)42(37,38)33-17-20-40-21-18-33/h2-15,29H,16-24H2,1H3,(H,32,36)/t29-/m1/s1. The highest BCUT2D eigenvalue weighted by molar-refractivity contribution is 7.89. The summed E-state index contributed by atoms with van der Waals surface area (Å²) in [4.78, 5) is 28.8. The van der Waals surface area contributed by atoms with Crippen molar-refractivity contribution in [2.75, 3.05) is 53.2 Å². The Morgan fingerprint density at radius 1 is 0.929 bits per heavy atom. The molecule has 1 heterocycles. The highest BCUT2D eigenvalue weighted by Crippen LogP contribution is 2.21. The maximum atomic E-state index is 13.7. The third kappa shape index (κ3) is 8.62. The van der Waals surface area contributed by atoms with E-state index in [1.807, 2.05) is 60.7 Å². The van der Waals surface area contributed by atoms with E-state index in [0.717, 1.165) is 11.1 Å². The molecule has 1 aliphatic rings. The van der Waals surface area contributed by atoms with Gasteiger partial charge in [-0.2, -0.15) is 4.31 Å². The fourth-order valence-corrected chi connectivity index (χ4v) is 6.01. The summed E-state index contributed by atoms with van der Waals surface area (Å²) in [5, 5.41) is 2.88. The fourth-order valence-electron chi connectivity index (χ4n) is 4.60. The van der Waals surface area contributed by atoms with Crippen molar-refractivity contribution < 1.29 is 32.2 Å². The first-order chi connectivity index (χ1) is 20.4. The van der Waals surface area contributed by atoms with Crippen LogP contribution in [0.5, 0.6) is 5.75 Å². The number of benzene rings is 3. The number of nitrogens with zero attached hydrogens (tertiary/aromatic N) is 2. The summed E-state index contributed by atoms with van der Waals surface area (Å²) in [6.45, 7) is 1.84. The molecule has 0 spiro atoms. The molecule has 0 saturated carbocycles. The zero-order chi connectivity index (χ0) is 29.8. The number of hydrogen-bond donors (Lipinski definition) is 1. The van der Waals surface area contributed by atoms with E-state index in [1.165, 1.54) is 33.5 Å². The van der Waals surface area contributed by atoms with Crippen LogP contribution in [-0.2, 0) is 42.1 Å². The molecule has 0 aromatic heterocycles. The molecule has 2 amide bonds. The lowest BCUT2D eigenvalue weighted by Crippen LogP contribution is -2.52. The van der Waals surface area contributed by atoms with E-state index in [1.54, 1.807) is 7.11 Å². The van der Waals surface area contributed by atoms with Gasteiger partial charge in [-0.15, -0.1) is 0 Å². The molecular weight excluding hydrogens is 558 g/mol. The minimum Gasteiger partial charge on any atom is -0.484 e. The molecule has 0 radical (unpaired) electrons. The van der Waals surface area contributed by atoms with E-state index >= 15 is 0 Å². The first kappa shape index (κ1) is 31.2. The Kier molecular flexibility index (Phi) is 11.5. The molecule has 1 fully saturated rings. The van der Waals surface area contributed by atoms with Crippen LogP contribution < -0.4 is 10.1 Å². The summed E-state index contributed by atoms with van der Waals surface area (Å²) < 4.78 is 43.4. The summed E-state index contributed by atoms with van der Waals surface area (Å²) >= 11 is 0. The van der Waals surface area contributed by atoms with Gasteiger partial charge in [0.25, 0.3) is 5.91 Å². The van der Waals surface area contributed by atoms with Crippen molar-refractivity contribution in [1.82, 2.24) is 14.5 Å². The Hall–Kier alpha value is -3.77. The maximum Gasteiger partial charge on any atom is 0.261 e. The van der Waals surface area contributed by atoms with Crippen LogP contribution in [0.15, 0.2) is 89.8 Å². The number of ether oxygens (including phenoxy) is 3. The van der Waals surface area contributed by atoms with Crippen LogP contribution in [0, 0.1) is 0 Å². The first-order valence-electron chi connectivity index (χ1n) is 13.8. The second-order valence-electron chi connectivity index (χ2n) is 9.77. The van der Waals surface area contributed by atoms with Gasteiger partial charge in [0, 0.05) is 39.7 Å². The van der Waals surface area contributed by atoms with Crippen molar-refractivity contribution >= 4 is 21.8 Å². The van der Waals surface area contributed by atoms with Crippen molar-refractivity contribution in [2.45, 2.75) is 23.9 Å². The predicted octanol–water partition coefficient (Wildman–Crippen LogP) is 2.49. The Morgan fingerprint density at radius 3 is 2.17 bits per heavy atom. The molecule has 1 aliphatic heterocycles. The van der Waals surface area contributed by atoms with Gasteiger partial charge >= 0.3 is 0 Å². The molecule has 1 atom stereocenters. The second-order valence-corrected chi connectivity index (χ2v) is 11.7. The molecule has 3 aromatic rings. The maximum absolute atomic E-state index is 13.7. The topological polar surface area (TPSA) is 114 Å². The SMILES string of the molecule is COCCNC(=O)[C@@H](Cc1ccccc1)N(Cc1ccccc1)C(=O)COc1ccc(S(=O)(=O)N2CCOCC2)cc1. The molecule has 224 valence electrons. The van der Waals surface area contributed by atoms with E-state index in [2.05, 4.69) is 5.32 Å². The monoisotopic (exact) mass is 595 g/mol. The van der Waals surface area contributed by atoms with Crippen molar-refractivity contribution in [3.8, 4) is 5.75 Å². The molecule has 42 heavy (non-hydrogen) atoms. The van der Waals surface area contributed by atoms with E-state index in [4.69, 9.17) is 14.2 Å². The number of nitrogens with one attached hydrogen (secondary N) is 1. The van der Waals surface area contributed by atoms with Gasteiger partial charge in [-0.25, -0.2) is 8.42 Å². The summed E-state index contributed by atoms with van der Waals surface area (Å²) in [7, 11) is -2.09. The Balaban J connectivity index is 1.51. The lowest BCUT2D eigenvalue weighted by molar-refractivity contribution is -0.142. The number of morpholine rings is 1. The molecule has 10 nitrogen and oxygen atoms in total. The number of carbonyl (C=O) groups is 2. The fraction of sp³-hybridized carbons (Fsp3) is 0.355. The number of sulfonamides is 1. The summed E-state index contributed by atoms with van der Waals surface area (Å²) in [5.41, 5.74) is 1.78. The third-order valence-corrected chi connectivity index (χ3v) is 8.78. The van der Waals surface area contributed by atoms with E-state index in [0.29, 0.717) is 51.6 Å². The predicted molar refractivity (Wildman–Crippen MR) is 157 cm³/mol. The molecule has 0 aliphatic carbocycles. The van der Waals surface area contributed by atoms with Gasteiger partial charge in [-0.05, 0) is 35.4 Å². The number of hydrogen-bond acceptors (Lipinski definition) is 7. The smallest absolute Gasteiger partial charge is 0.261 e. The van der Waals surface area contributed by atoms with Crippen LogP contribution >= 0.6 is 0 Å². The van der Waals surface area contributed by atoms with Crippen LogP contribution in [0.4, 0.5) is 0 Å². The van der Waals surface area contributed by atoms with Crippen LogP contribution in [-0.4, -0.2) is 88.7 Å². The number of amides is 2. The minimum absolute atomic E-state index is 0.143. The summed E-state index contributed by atoms with van der Waals surface area (Å²) in [6.07, 6.45) is 0.312. The average Bonchev–Trinajstić information content (AvgIpc) is 3.03. The van der Waals surface area contributed by atoms with E-state index in [-0.39, 0.29) is 29.9 Å². The Bertz CT molecular complexity index is 1380. The summed E-state index contributed by atoms with van der Waals surface area (Å²) in [5.74, 6) is -0.336. The van der Waals surface area contributed by atoms with Crippen molar-refractivity contribution in [3.63, 3.8) is 0 Å². The van der Waals surface area contributed by atoms with Gasteiger partial charge in [-0.3, -0.25) is 9.59 Å². The van der Waals surface area contributed by atoms with Crippen LogP contribution in [0.2, 0.25) is 0 Å². The van der Waals surface area contributed by atoms with Gasteiger partial charge < -0.3 is 24.4 Å². The minimum atomic E-state index is -3.65. The highest BCUT2D eigenvalue weighted by Gasteiger charge is 2.31. The van der Waals surface area contributed by atoms with Crippen molar-refractivity contribution in [1.29, 1.82) is 0 Å². The normalized spacial score (nSPS) is 14.6. The molecule has 0 unspecified atom stereocenters. The average molecular weight is 596 g/mol. The molecule has 1 saturated heterocycles. The highest BCUT2D eigenvalue weighted by atomic mass is 32.2. The lowest BCUT2D eigenvalue weighted by Gasteiger charge is -2.31. The number of rotatable bonds is 14. The van der Waals surface area contributed by atoms with Crippen LogP contribution in [0.3, 0.4) is 0 Å². The van der Waals surface area contributed by atoms with E-state index < -0.39 is 16.1 Å². The van der Waals surface area contributed by atoms with Crippen molar-refractivity contribution in [3.05, 3.63) is 96.1 Å². The number of carbonyl (C=O) groups excluding carboxylic acids is 2. The zero-order valence-corrected chi connectivity index (χ0v) is 24.5. The van der Waals surface area contributed by atoms with Gasteiger partial charge in [0.2, 0.25) is 15.9 Å². The van der Waals surface area contributed by atoms with Gasteiger partial charge in [0.1, 0.15) is 11.8 Å². The Morgan fingerprint density at radius 2 is 1.55 bits per heavy atom. The van der Waals surface area contributed by atoms with Crippen LogP contribution in [0.25, 0.3) is 0 Å². The van der Waals surface area contributed by atoms with Gasteiger partial charge in [0.15, 0.2) is 6.61 Å². The van der Waals surface area contributed by atoms with Crippen LogP contribution in [0.1, 0.15) is 11.1 Å². The number of methoxy groups -OCH3 is 1. The largest absolute Gasteiger partial charge is 0.484 e. The van der Waals surface area contributed by atoms with Gasteiger partial charge in [-0.1, -0.05) is 60.7 Å². The second kappa shape index (κ2) is 15.5. The third-order valence-electron chi connectivity index (χ3n) is 6.87. The summed E-state index contributed by atoms with van der Waals surface area (Å²) in [6, 6.07) is 24.2. The Labute approximate surface area is 247 Å². The quantitative estimate of drug-likeness (QED) is 0.285. The van der Waals surface area contributed by atoms with Crippen molar-refractivity contribution in [2.24, 2.45) is 0 Å². The van der Waals surface area contributed by atoms with Gasteiger partial charge in [0.05, 0.1) is 24.7 Å². The first-order valence-corrected chi connectivity index (χ1v) is 15.3.